The number of halogens is 3. The summed E-state index contributed by atoms with van der Waals surface area (Å²) in [6.45, 7) is 7.34. The number of hydrogen-bond donors (Lipinski definition) is 2. The molecule has 1 aromatic carbocycles. The van der Waals surface area contributed by atoms with Crippen LogP contribution < -0.4 is 20.1 Å². The van der Waals surface area contributed by atoms with Crippen LogP contribution >= 0.6 is 0 Å². The molecule has 1 aromatic heterocycles. The van der Waals surface area contributed by atoms with Crippen molar-refractivity contribution in [3.63, 3.8) is 0 Å². The van der Waals surface area contributed by atoms with E-state index in [2.05, 4.69) is 4.98 Å². The number of carbonyl (C=O) groups excluding carboxylic acids is 1. The second-order valence-corrected chi connectivity index (χ2v) is 12.5. The molecule has 1 amide bonds. The molecule has 2 aliphatic rings. The number of hydrogen-bond acceptors (Lipinski definition) is 7. The first-order chi connectivity index (χ1) is 21.2. The molecule has 0 spiro atoms. The van der Waals surface area contributed by atoms with Gasteiger partial charge in [0.05, 0.1) is 31.4 Å². The minimum atomic E-state index is -4.51. The maximum absolute atomic E-state index is 13.3. The van der Waals surface area contributed by atoms with E-state index in [9.17, 15) is 27.9 Å². The molecule has 1 atom stereocenters. The van der Waals surface area contributed by atoms with E-state index in [4.69, 9.17) is 15.2 Å². The van der Waals surface area contributed by atoms with E-state index in [-0.39, 0.29) is 23.8 Å². The number of pyridine rings is 1. The number of anilines is 1. The molecule has 0 bridgehead atoms. The molecular formula is C33H47F3N4O5. The summed E-state index contributed by atoms with van der Waals surface area (Å²) in [5, 5.41) is 9.32. The van der Waals surface area contributed by atoms with Crippen LogP contribution in [0.3, 0.4) is 0 Å². The summed E-state index contributed by atoms with van der Waals surface area (Å²) in [6.07, 6.45) is 0.822. The Morgan fingerprint density at radius 3 is 2.27 bits per heavy atom. The Morgan fingerprint density at radius 2 is 1.73 bits per heavy atom. The zero-order valence-corrected chi connectivity index (χ0v) is 26.8. The Kier molecular flexibility index (Phi) is 12.9. The Labute approximate surface area is 263 Å². The molecule has 12 heteroatoms. The molecule has 1 aliphatic carbocycles. The quantitative estimate of drug-likeness (QED) is 0.286. The molecule has 250 valence electrons. The van der Waals surface area contributed by atoms with Crippen molar-refractivity contribution in [2.75, 3.05) is 38.3 Å². The molecule has 9 nitrogen and oxygen atoms in total. The van der Waals surface area contributed by atoms with E-state index >= 15 is 0 Å². The van der Waals surface area contributed by atoms with Crippen molar-refractivity contribution in [3.05, 3.63) is 47.7 Å². The Balaban J connectivity index is 0.00000130. The topological polar surface area (TPSA) is 118 Å². The first-order valence-corrected chi connectivity index (χ1v) is 15.5. The van der Waals surface area contributed by atoms with Crippen LogP contribution in [0.2, 0.25) is 0 Å². The van der Waals surface area contributed by atoms with Gasteiger partial charge in [-0.25, -0.2) is 4.98 Å². The number of benzene rings is 1. The van der Waals surface area contributed by atoms with Gasteiger partial charge in [-0.3, -0.25) is 9.59 Å². The van der Waals surface area contributed by atoms with Crippen molar-refractivity contribution in [3.8, 4) is 11.6 Å². The standard InChI is InChI=1S/C30H38F3N3O5.C3H9N/c1-19(2)36(18-30(31,32)33)29(39)24-7-6-23(40-3)15-26(24)35-12-9-20(10-13-35)17-41-27-14-22(8-11-34-27)25(16-28(37)38)21-4-5-21;1-3(2)4/h6-8,11,14-15,19-21,25H,4-5,9-10,12-13,16-18H2,1-3H3,(H,37,38);3H,4H2,1-2H3. The number of carboxylic acid groups (broad SMARTS) is 1. The molecule has 3 N–H and O–H groups in total. The van der Waals surface area contributed by atoms with E-state index < -0.39 is 30.6 Å². The zero-order chi connectivity index (χ0) is 33.3. The second kappa shape index (κ2) is 16.1. The molecule has 2 heterocycles. The number of aromatic nitrogens is 1. The summed E-state index contributed by atoms with van der Waals surface area (Å²) < 4.78 is 51.1. The van der Waals surface area contributed by atoms with Gasteiger partial charge in [-0.15, -0.1) is 0 Å². The van der Waals surface area contributed by atoms with Crippen LogP contribution in [0, 0.1) is 11.8 Å². The van der Waals surface area contributed by atoms with Crippen molar-refractivity contribution < 1.29 is 37.3 Å². The smallest absolute Gasteiger partial charge is 0.406 e. The van der Waals surface area contributed by atoms with Crippen molar-refractivity contribution in [1.29, 1.82) is 0 Å². The van der Waals surface area contributed by atoms with Crippen LogP contribution in [0.1, 0.15) is 81.6 Å². The van der Waals surface area contributed by atoms with Gasteiger partial charge in [0.15, 0.2) is 0 Å². The maximum atomic E-state index is 13.3. The van der Waals surface area contributed by atoms with Crippen LogP contribution in [0.25, 0.3) is 0 Å². The molecular weight excluding hydrogens is 589 g/mol. The number of nitrogens with zero attached hydrogens (tertiary/aromatic N) is 3. The lowest BCUT2D eigenvalue weighted by Crippen LogP contribution is -2.44. The minimum absolute atomic E-state index is 0.0383. The maximum Gasteiger partial charge on any atom is 0.406 e. The summed E-state index contributed by atoms with van der Waals surface area (Å²) in [7, 11) is 1.51. The second-order valence-electron chi connectivity index (χ2n) is 12.5. The fourth-order valence-electron chi connectivity index (χ4n) is 5.44. The summed E-state index contributed by atoms with van der Waals surface area (Å²) in [5.74, 6) is 0.0816. The summed E-state index contributed by atoms with van der Waals surface area (Å²) in [4.78, 5) is 31.9. The molecule has 4 rings (SSSR count). The average Bonchev–Trinajstić information content (AvgIpc) is 3.82. The van der Waals surface area contributed by atoms with Crippen molar-refractivity contribution in [2.24, 2.45) is 17.6 Å². The third-order valence-electron chi connectivity index (χ3n) is 7.86. The Morgan fingerprint density at radius 1 is 1.09 bits per heavy atom. The van der Waals surface area contributed by atoms with Gasteiger partial charge in [0.25, 0.3) is 5.91 Å². The summed E-state index contributed by atoms with van der Waals surface area (Å²) >= 11 is 0. The molecule has 1 aliphatic heterocycles. The van der Waals surface area contributed by atoms with E-state index in [1.165, 1.54) is 13.2 Å². The Bertz CT molecular complexity index is 1260. The fourth-order valence-corrected chi connectivity index (χ4v) is 5.44. The highest BCUT2D eigenvalue weighted by Crippen LogP contribution is 2.45. The molecule has 1 saturated carbocycles. The zero-order valence-electron chi connectivity index (χ0n) is 26.8. The van der Waals surface area contributed by atoms with Gasteiger partial charge in [-0.05, 0) is 87.1 Å². The van der Waals surface area contributed by atoms with Gasteiger partial charge < -0.3 is 30.1 Å². The first-order valence-electron chi connectivity index (χ1n) is 15.5. The normalized spacial score (nSPS) is 16.2. The number of amides is 1. The number of alkyl halides is 3. The number of piperidine rings is 1. The average molecular weight is 637 g/mol. The molecule has 1 unspecified atom stereocenters. The summed E-state index contributed by atoms with van der Waals surface area (Å²) in [6, 6.07) is 8.25. The molecule has 0 radical (unpaired) electrons. The minimum Gasteiger partial charge on any atom is -0.497 e. The predicted molar refractivity (Wildman–Crippen MR) is 167 cm³/mol. The van der Waals surface area contributed by atoms with Gasteiger partial charge in [-0.1, -0.05) is 13.8 Å². The van der Waals surface area contributed by atoms with Gasteiger partial charge >= 0.3 is 12.1 Å². The van der Waals surface area contributed by atoms with Crippen LogP contribution in [-0.4, -0.2) is 78.5 Å². The summed E-state index contributed by atoms with van der Waals surface area (Å²) in [5.41, 5.74) is 6.82. The van der Waals surface area contributed by atoms with Gasteiger partial charge in [-0.2, -0.15) is 13.2 Å². The van der Waals surface area contributed by atoms with Crippen LogP contribution in [0.15, 0.2) is 36.5 Å². The number of methoxy groups -OCH3 is 1. The SMILES string of the molecule is CC(C)N.COc1ccc(C(=O)N(CC(F)(F)F)C(C)C)c(N2CCC(COc3cc(C(CC(=O)O)C4CC4)ccn3)CC2)c1. The van der Waals surface area contributed by atoms with Gasteiger partial charge in [0, 0.05) is 37.5 Å². The highest BCUT2D eigenvalue weighted by Gasteiger charge is 2.36. The number of aliphatic carboxylic acids is 1. The molecule has 2 fully saturated rings. The lowest BCUT2D eigenvalue weighted by Gasteiger charge is -2.36. The Hall–Kier alpha value is -3.54. The van der Waals surface area contributed by atoms with Crippen LogP contribution in [0.5, 0.6) is 11.6 Å². The van der Waals surface area contributed by atoms with Crippen molar-refractivity contribution in [1.82, 2.24) is 9.88 Å². The fraction of sp³-hybridized carbons (Fsp3) is 0.606. The lowest BCUT2D eigenvalue weighted by molar-refractivity contribution is -0.143. The largest absolute Gasteiger partial charge is 0.497 e. The van der Waals surface area contributed by atoms with Crippen molar-refractivity contribution in [2.45, 2.75) is 84.0 Å². The molecule has 1 saturated heterocycles. The van der Waals surface area contributed by atoms with E-state index in [1.54, 1.807) is 32.2 Å². The third kappa shape index (κ3) is 11.4. The van der Waals surface area contributed by atoms with E-state index in [1.807, 2.05) is 30.9 Å². The monoisotopic (exact) mass is 636 g/mol. The van der Waals surface area contributed by atoms with Gasteiger partial charge in [0.2, 0.25) is 5.88 Å². The third-order valence-corrected chi connectivity index (χ3v) is 7.86. The van der Waals surface area contributed by atoms with Crippen molar-refractivity contribution >= 4 is 17.6 Å². The van der Waals surface area contributed by atoms with E-state index in [0.29, 0.717) is 49.0 Å². The van der Waals surface area contributed by atoms with Gasteiger partial charge in [0.1, 0.15) is 12.3 Å². The highest BCUT2D eigenvalue weighted by molar-refractivity contribution is 6.00. The van der Waals surface area contributed by atoms with Crippen LogP contribution in [-0.2, 0) is 4.79 Å². The number of carbonyl (C=O) groups is 2. The lowest BCUT2D eigenvalue weighted by atomic mass is 9.92. The predicted octanol–water partition coefficient (Wildman–Crippen LogP) is 6.12. The number of ether oxygens (including phenoxy) is 2. The first kappa shape index (κ1) is 35.9. The van der Waals surface area contributed by atoms with E-state index in [0.717, 1.165) is 36.1 Å². The molecule has 45 heavy (non-hydrogen) atoms. The number of rotatable bonds is 12. The highest BCUT2D eigenvalue weighted by atomic mass is 19.4. The number of carboxylic acids is 1. The van der Waals surface area contributed by atoms with Crippen LogP contribution in [0.4, 0.5) is 18.9 Å². The number of nitrogens with two attached hydrogens (primary N) is 1. The molecule has 2 aromatic rings.